The van der Waals surface area contributed by atoms with Gasteiger partial charge in [-0.1, -0.05) is 61.9 Å². The summed E-state index contributed by atoms with van der Waals surface area (Å²) in [7, 11) is 0. The van der Waals surface area contributed by atoms with E-state index in [1.54, 1.807) is 12.1 Å². The topological polar surface area (TPSA) is 49.4 Å². The van der Waals surface area contributed by atoms with Crippen LogP contribution in [0.4, 0.5) is 0 Å². The SMILES string of the molecule is CCC1CCCN(C(=O)C(Cc2ccccc2)NC(=O)c2ccccc2)C1. The van der Waals surface area contributed by atoms with Crippen LogP contribution in [0.3, 0.4) is 0 Å². The highest BCUT2D eigenvalue weighted by molar-refractivity contribution is 5.97. The fourth-order valence-corrected chi connectivity index (χ4v) is 3.70. The van der Waals surface area contributed by atoms with Crippen molar-refractivity contribution in [2.24, 2.45) is 5.92 Å². The van der Waals surface area contributed by atoms with Crippen molar-refractivity contribution in [1.29, 1.82) is 0 Å². The number of hydrogen-bond acceptors (Lipinski definition) is 2. The second kappa shape index (κ2) is 9.36. The molecule has 2 aromatic carbocycles. The van der Waals surface area contributed by atoms with Gasteiger partial charge >= 0.3 is 0 Å². The highest BCUT2D eigenvalue weighted by Gasteiger charge is 2.29. The molecule has 1 saturated heterocycles. The largest absolute Gasteiger partial charge is 0.341 e. The van der Waals surface area contributed by atoms with E-state index in [4.69, 9.17) is 0 Å². The van der Waals surface area contributed by atoms with E-state index < -0.39 is 6.04 Å². The Hall–Kier alpha value is -2.62. The number of piperidine rings is 1. The maximum absolute atomic E-state index is 13.2. The minimum atomic E-state index is -0.546. The molecule has 1 aliphatic rings. The Bertz CT molecular complexity index is 745. The van der Waals surface area contributed by atoms with Crippen LogP contribution in [0.1, 0.15) is 42.1 Å². The van der Waals surface area contributed by atoms with Gasteiger partial charge in [0.15, 0.2) is 0 Å². The Balaban J connectivity index is 1.76. The highest BCUT2D eigenvalue weighted by Crippen LogP contribution is 2.20. The first-order valence-corrected chi connectivity index (χ1v) is 9.86. The van der Waals surface area contributed by atoms with Crippen molar-refractivity contribution in [2.75, 3.05) is 13.1 Å². The molecule has 0 saturated carbocycles. The summed E-state index contributed by atoms with van der Waals surface area (Å²) in [5.41, 5.74) is 1.63. The molecule has 1 heterocycles. The van der Waals surface area contributed by atoms with Gasteiger partial charge in [0.1, 0.15) is 6.04 Å². The Kier molecular flexibility index (Phi) is 6.64. The lowest BCUT2D eigenvalue weighted by Gasteiger charge is -2.35. The number of carbonyl (C=O) groups is 2. The summed E-state index contributed by atoms with van der Waals surface area (Å²) < 4.78 is 0. The number of likely N-dealkylation sites (tertiary alicyclic amines) is 1. The second-order valence-electron chi connectivity index (χ2n) is 7.28. The molecule has 1 N–H and O–H groups in total. The lowest BCUT2D eigenvalue weighted by molar-refractivity contribution is -0.135. The molecule has 142 valence electrons. The molecule has 1 fully saturated rings. The van der Waals surface area contributed by atoms with Crippen molar-refractivity contribution in [3.63, 3.8) is 0 Å². The minimum absolute atomic E-state index is 0.0290. The van der Waals surface area contributed by atoms with E-state index in [1.807, 2.05) is 53.4 Å². The maximum Gasteiger partial charge on any atom is 0.251 e. The molecule has 2 atom stereocenters. The van der Waals surface area contributed by atoms with Crippen molar-refractivity contribution in [1.82, 2.24) is 10.2 Å². The number of amides is 2. The van der Waals surface area contributed by atoms with Crippen molar-refractivity contribution in [3.05, 3.63) is 71.8 Å². The Morgan fingerprint density at radius 2 is 1.74 bits per heavy atom. The third kappa shape index (κ3) is 5.19. The van der Waals surface area contributed by atoms with Crippen molar-refractivity contribution < 1.29 is 9.59 Å². The van der Waals surface area contributed by atoms with Gasteiger partial charge in [-0.15, -0.1) is 0 Å². The normalized spacial score (nSPS) is 18.0. The number of hydrogen-bond donors (Lipinski definition) is 1. The van der Waals surface area contributed by atoms with Crippen LogP contribution < -0.4 is 5.32 Å². The molecule has 2 aromatic rings. The van der Waals surface area contributed by atoms with E-state index in [9.17, 15) is 9.59 Å². The second-order valence-corrected chi connectivity index (χ2v) is 7.28. The van der Waals surface area contributed by atoms with Crippen LogP contribution in [-0.2, 0) is 11.2 Å². The molecule has 27 heavy (non-hydrogen) atoms. The number of carbonyl (C=O) groups excluding carboxylic acids is 2. The number of benzene rings is 2. The van der Waals surface area contributed by atoms with Crippen molar-refractivity contribution >= 4 is 11.8 Å². The van der Waals surface area contributed by atoms with Gasteiger partial charge in [0.05, 0.1) is 0 Å². The van der Waals surface area contributed by atoms with Gasteiger partial charge in [0.2, 0.25) is 5.91 Å². The lowest BCUT2D eigenvalue weighted by Crippen LogP contribution is -2.52. The number of rotatable bonds is 6. The zero-order chi connectivity index (χ0) is 19.1. The van der Waals surface area contributed by atoms with Gasteiger partial charge in [-0.25, -0.2) is 0 Å². The van der Waals surface area contributed by atoms with Gasteiger partial charge in [0.25, 0.3) is 5.91 Å². The van der Waals surface area contributed by atoms with Crippen LogP contribution in [0.2, 0.25) is 0 Å². The summed E-state index contributed by atoms with van der Waals surface area (Å²) in [5, 5.41) is 2.98. The summed E-state index contributed by atoms with van der Waals surface area (Å²) in [5.74, 6) is 0.389. The standard InChI is InChI=1S/C23H28N2O2/c1-2-18-12-9-15-25(17-18)23(27)21(16-19-10-5-3-6-11-19)24-22(26)20-13-7-4-8-14-20/h3-8,10-11,13-14,18,21H,2,9,12,15-17H2,1H3,(H,24,26). The number of nitrogens with zero attached hydrogens (tertiary/aromatic N) is 1. The predicted octanol–water partition coefficient (Wildman–Crippen LogP) is 3.68. The van der Waals surface area contributed by atoms with E-state index in [1.165, 1.54) is 6.42 Å². The van der Waals surface area contributed by atoms with Gasteiger partial charge in [-0.05, 0) is 36.5 Å². The predicted molar refractivity (Wildman–Crippen MR) is 107 cm³/mol. The minimum Gasteiger partial charge on any atom is -0.341 e. The summed E-state index contributed by atoms with van der Waals surface area (Å²) in [6.07, 6.45) is 3.81. The van der Waals surface area contributed by atoms with Gasteiger partial charge in [-0.2, -0.15) is 0 Å². The first-order chi connectivity index (χ1) is 13.2. The monoisotopic (exact) mass is 364 g/mol. The van der Waals surface area contributed by atoms with Crippen LogP contribution >= 0.6 is 0 Å². The molecular formula is C23H28N2O2. The first kappa shape index (κ1) is 19.2. The van der Waals surface area contributed by atoms with E-state index in [2.05, 4.69) is 12.2 Å². The lowest BCUT2D eigenvalue weighted by atomic mass is 9.94. The Labute approximate surface area is 161 Å². The first-order valence-electron chi connectivity index (χ1n) is 9.86. The molecule has 0 radical (unpaired) electrons. The Morgan fingerprint density at radius 3 is 2.41 bits per heavy atom. The maximum atomic E-state index is 13.2. The third-order valence-corrected chi connectivity index (χ3v) is 5.33. The third-order valence-electron chi connectivity index (χ3n) is 5.33. The van der Waals surface area contributed by atoms with Gasteiger partial charge < -0.3 is 10.2 Å². The molecule has 2 unspecified atom stereocenters. The molecule has 2 amide bonds. The van der Waals surface area contributed by atoms with Crippen LogP contribution in [0, 0.1) is 5.92 Å². The van der Waals surface area contributed by atoms with Crippen molar-refractivity contribution in [3.8, 4) is 0 Å². The average Bonchev–Trinajstić information content (AvgIpc) is 2.74. The van der Waals surface area contributed by atoms with Crippen molar-refractivity contribution in [2.45, 2.75) is 38.6 Å². The summed E-state index contributed by atoms with van der Waals surface area (Å²) >= 11 is 0. The molecular weight excluding hydrogens is 336 g/mol. The Morgan fingerprint density at radius 1 is 1.07 bits per heavy atom. The summed E-state index contributed by atoms with van der Waals surface area (Å²) in [6, 6.07) is 18.4. The summed E-state index contributed by atoms with van der Waals surface area (Å²) in [6.45, 7) is 3.75. The van der Waals surface area contributed by atoms with E-state index in [0.717, 1.165) is 31.5 Å². The summed E-state index contributed by atoms with van der Waals surface area (Å²) in [4.78, 5) is 27.9. The van der Waals surface area contributed by atoms with E-state index in [-0.39, 0.29) is 11.8 Å². The molecule has 0 aromatic heterocycles. The fraction of sp³-hybridized carbons (Fsp3) is 0.391. The van der Waals surface area contributed by atoms with Crippen LogP contribution in [-0.4, -0.2) is 35.8 Å². The number of nitrogens with one attached hydrogen (secondary N) is 1. The molecule has 0 aliphatic carbocycles. The molecule has 4 nitrogen and oxygen atoms in total. The average molecular weight is 364 g/mol. The van der Waals surface area contributed by atoms with Crippen LogP contribution in [0.15, 0.2) is 60.7 Å². The molecule has 4 heteroatoms. The smallest absolute Gasteiger partial charge is 0.251 e. The van der Waals surface area contributed by atoms with E-state index >= 15 is 0 Å². The fourth-order valence-electron chi connectivity index (χ4n) is 3.70. The molecule has 0 spiro atoms. The molecule has 0 bridgehead atoms. The van der Waals surface area contributed by atoms with Crippen LogP contribution in [0.25, 0.3) is 0 Å². The highest BCUT2D eigenvalue weighted by atomic mass is 16.2. The zero-order valence-corrected chi connectivity index (χ0v) is 15.9. The zero-order valence-electron chi connectivity index (χ0n) is 15.9. The molecule has 3 rings (SSSR count). The van der Waals surface area contributed by atoms with Gasteiger partial charge in [-0.3, -0.25) is 9.59 Å². The van der Waals surface area contributed by atoms with Crippen LogP contribution in [0.5, 0.6) is 0 Å². The van der Waals surface area contributed by atoms with Gasteiger partial charge in [0, 0.05) is 25.1 Å². The quantitative estimate of drug-likeness (QED) is 0.850. The molecule has 1 aliphatic heterocycles. The van der Waals surface area contributed by atoms with E-state index in [0.29, 0.717) is 17.9 Å².